The maximum Gasteiger partial charge on any atom is 0.0798 e. The fourth-order valence-electron chi connectivity index (χ4n) is 1.95. The molecule has 0 aliphatic rings. The molecule has 1 rings (SSSR count). The Morgan fingerprint density at radius 1 is 1.08 bits per heavy atom. The number of hydrogen-bond acceptors (Lipinski definition) is 1. The minimum Gasteiger partial charge on any atom is -0.377 e. The van der Waals surface area contributed by atoms with Crippen LogP contribution < -0.4 is 0 Å². The van der Waals surface area contributed by atoms with Crippen molar-refractivity contribution in [1.82, 2.24) is 0 Å². The van der Waals surface area contributed by atoms with Gasteiger partial charge in [-0.05, 0) is 44.4 Å². The van der Waals surface area contributed by atoms with Gasteiger partial charge < -0.3 is 4.74 Å². The third-order valence-corrected chi connectivity index (χ3v) is 2.50. The van der Waals surface area contributed by atoms with Gasteiger partial charge in [-0.1, -0.05) is 17.7 Å². The Morgan fingerprint density at radius 3 is 1.92 bits per heavy atom. The minimum atomic E-state index is 0.195. The molecule has 13 heavy (non-hydrogen) atoms. The van der Waals surface area contributed by atoms with Crippen LogP contribution >= 0.6 is 0 Å². The minimum absolute atomic E-state index is 0.195. The lowest BCUT2D eigenvalue weighted by molar-refractivity contribution is 0.118. The Bertz CT molecular complexity index is 279. The van der Waals surface area contributed by atoms with E-state index in [1.165, 1.54) is 22.3 Å². The van der Waals surface area contributed by atoms with Gasteiger partial charge in [0.1, 0.15) is 0 Å². The monoisotopic (exact) mass is 178 g/mol. The van der Waals surface area contributed by atoms with Gasteiger partial charge in [0.15, 0.2) is 0 Å². The zero-order valence-corrected chi connectivity index (χ0v) is 9.14. The van der Waals surface area contributed by atoms with Gasteiger partial charge in [-0.3, -0.25) is 0 Å². The first-order chi connectivity index (χ1) is 6.06. The lowest BCUT2D eigenvalue weighted by atomic mass is 9.96. The lowest BCUT2D eigenvalue weighted by Gasteiger charge is -2.16. The molecule has 0 bridgehead atoms. The van der Waals surface area contributed by atoms with Gasteiger partial charge in [0, 0.05) is 7.11 Å². The van der Waals surface area contributed by atoms with E-state index in [-0.39, 0.29) is 6.10 Å². The fraction of sp³-hybridized carbons (Fsp3) is 0.500. The molecule has 0 amide bonds. The molecule has 0 N–H and O–H groups in total. The molecule has 0 aliphatic heterocycles. The molecule has 1 unspecified atom stereocenters. The van der Waals surface area contributed by atoms with Gasteiger partial charge in [0.2, 0.25) is 0 Å². The molecule has 0 saturated carbocycles. The third-order valence-electron chi connectivity index (χ3n) is 2.50. The summed E-state index contributed by atoms with van der Waals surface area (Å²) in [6.07, 6.45) is 0.195. The van der Waals surface area contributed by atoms with Crippen LogP contribution in [0.3, 0.4) is 0 Å². The van der Waals surface area contributed by atoms with Crippen LogP contribution in [-0.2, 0) is 4.74 Å². The van der Waals surface area contributed by atoms with Crippen molar-refractivity contribution in [2.24, 2.45) is 0 Å². The second kappa shape index (κ2) is 3.93. The van der Waals surface area contributed by atoms with E-state index in [4.69, 9.17) is 4.74 Å². The van der Waals surface area contributed by atoms with Gasteiger partial charge in [0.25, 0.3) is 0 Å². The average Bonchev–Trinajstić information content (AvgIpc) is 2.02. The van der Waals surface area contributed by atoms with Crippen LogP contribution in [0.5, 0.6) is 0 Å². The summed E-state index contributed by atoms with van der Waals surface area (Å²) in [5.74, 6) is 0. The Balaban J connectivity index is 3.20. The predicted molar refractivity (Wildman–Crippen MR) is 56.1 cm³/mol. The van der Waals surface area contributed by atoms with Crippen molar-refractivity contribution in [1.29, 1.82) is 0 Å². The highest BCUT2D eigenvalue weighted by molar-refractivity contribution is 5.38. The Morgan fingerprint density at radius 2 is 1.54 bits per heavy atom. The van der Waals surface area contributed by atoms with E-state index in [9.17, 15) is 0 Å². The Kier molecular flexibility index (Phi) is 3.10. The number of hydrogen-bond donors (Lipinski definition) is 0. The van der Waals surface area contributed by atoms with Crippen molar-refractivity contribution in [2.45, 2.75) is 33.8 Å². The smallest absolute Gasteiger partial charge is 0.0798 e. The normalized spacial score (nSPS) is 13.0. The van der Waals surface area contributed by atoms with Crippen molar-refractivity contribution in [3.63, 3.8) is 0 Å². The van der Waals surface area contributed by atoms with E-state index in [1.54, 1.807) is 7.11 Å². The van der Waals surface area contributed by atoms with Crippen LogP contribution in [0.4, 0.5) is 0 Å². The van der Waals surface area contributed by atoms with Crippen LogP contribution in [0.25, 0.3) is 0 Å². The quantitative estimate of drug-likeness (QED) is 0.675. The number of aryl methyl sites for hydroxylation is 3. The molecule has 0 radical (unpaired) electrons. The van der Waals surface area contributed by atoms with Gasteiger partial charge in [-0.15, -0.1) is 0 Å². The molecule has 1 aromatic carbocycles. The summed E-state index contributed by atoms with van der Waals surface area (Å²) in [5, 5.41) is 0. The lowest BCUT2D eigenvalue weighted by Crippen LogP contribution is -2.02. The predicted octanol–water partition coefficient (Wildman–Crippen LogP) is 3.32. The Labute approximate surface area is 80.7 Å². The van der Waals surface area contributed by atoms with Gasteiger partial charge in [-0.2, -0.15) is 0 Å². The van der Waals surface area contributed by atoms with Crippen molar-refractivity contribution < 1.29 is 4.74 Å². The van der Waals surface area contributed by atoms with E-state index in [0.717, 1.165) is 0 Å². The van der Waals surface area contributed by atoms with Crippen LogP contribution in [0, 0.1) is 20.8 Å². The first-order valence-electron chi connectivity index (χ1n) is 4.66. The molecular formula is C12H18O. The number of rotatable bonds is 2. The van der Waals surface area contributed by atoms with Crippen LogP contribution in [0.2, 0.25) is 0 Å². The van der Waals surface area contributed by atoms with Gasteiger partial charge in [0.05, 0.1) is 6.10 Å². The molecule has 0 saturated heterocycles. The summed E-state index contributed by atoms with van der Waals surface area (Å²) >= 11 is 0. The van der Waals surface area contributed by atoms with E-state index < -0.39 is 0 Å². The van der Waals surface area contributed by atoms with Crippen LogP contribution in [0.1, 0.15) is 35.3 Å². The second-order valence-electron chi connectivity index (χ2n) is 3.69. The SMILES string of the molecule is COC(C)c1c(C)cc(C)cc1C. The van der Waals surface area contributed by atoms with Crippen molar-refractivity contribution in [2.75, 3.05) is 7.11 Å². The third kappa shape index (κ3) is 2.10. The molecule has 72 valence electrons. The molecule has 0 heterocycles. The molecule has 1 nitrogen and oxygen atoms in total. The van der Waals surface area contributed by atoms with Crippen LogP contribution in [-0.4, -0.2) is 7.11 Å². The zero-order valence-electron chi connectivity index (χ0n) is 9.14. The van der Waals surface area contributed by atoms with Gasteiger partial charge in [-0.25, -0.2) is 0 Å². The highest BCUT2D eigenvalue weighted by atomic mass is 16.5. The standard InChI is InChI=1S/C12H18O/c1-8-6-9(2)12(10(3)7-8)11(4)13-5/h6-7,11H,1-5H3. The number of benzene rings is 1. The topological polar surface area (TPSA) is 9.23 Å². The summed E-state index contributed by atoms with van der Waals surface area (Å²) in [4.78, 5) is 0. The zero-order chi connectivity index (χ0) is 10.0. The van der Waals surface area contributed by atoms with Crippen molar-refractivity contribution >= 4 is 0 Å². The number of methoxy groups -OCH3 is 1. The summed E-state index contributed by atoms with van der Waals surface area (Å²) in [7, 11) is 1.75. The summed E-state index contributed by atoms with van der Waals surface area (Å²) in [6.45, 7) is 8.50. The molecule has 1 atom stereocenters. The molecule has 0 aromatic heterocycles. The highest BCUT2D eigenvalue weighted by Crippen LogP contribution is 2.24. The molecule has 0 spiro atoms. The first kappa shape index (κ1) is 10.3. The van der Waals surface area contributed by atoms with Crippen molar-refractivity contribution in [3.8, 4) is 0 Å². The fourth-order valence-corrected chi connectivity index (χ4v) is 1.95. The molecule has 0 aliphatic carbocycles. The first-order valence-corrected chi connectivity index (χ1v) is 4.66. The van der Waals surface area contributed by atoms with Crippen LogP contribution in [0.15, 0.2) is 12.1 Å². The van der Waals surface area contributed by atoms with E-state index in [1.807, 2.05) is 0 Å². The molecule has 1 aromatic rings. The maximum atomic E-state index is 5.34. The summed E-state index contributed by atoms with van der Waals surface area (Å²) in [6, 6.07) is 4.41. The largest absolute Gasteiger partial charge is 0.377 e. The highest BCUT2D eigenvalue weighted by Gasteiger charge is 2.10. The number of ether oxygens (including phenoxy) is 1. The van der Waals surface area contributed by atoms with Gasteiger partial charge >= 0.3 is 0 Å². The molecule has 1 heteroatoms. The van der Waals surface area contributed by atoms with E-state index >= 15 is 0 Å². The summed E-state index contributed by atoms with van der Waals surface area (Å²) in [5.41, 5.74) is 5.30. The second-order valence-corrected chi connectivity index (χ2v) is 3.69. The summed E-state index contributed by atoms with van der Waals surface area (Å²) < 4.78 is 5.34. The molecule has 0 fully saturated rings. The average molecular weight is 178 g/mol. The Hall–Kier alpha value is -0.820. The maximum absolute atomic E-state index is 5.34. The molecular weight excluding hydrogens is 160 g/mol. The van der Waals surface area contributed by atoms with Crippen molar-refractivity contribution in [3.05, 3.63) is 34.4 Å². The van der Waals surface area contributed by atoms with E-state index in [2.05, 4.69) is 39.8 Å². The van der Waals surface area contributed by atoms with E-state index in [0.29, 0.717) is 0 Å².